The molecular weight excluding hydrogens is 326 g/mol. The largest absolute Gasteiger partial charge is 0.460 e. The summed E-state index contributed by atoms with van der Waals surface area (Å²) in [7, 11) is 0. The number of halogens is 2. The molecule has 2 nitrogen and oxygen atoms in total. The minimum atomic E-state index is 0. The van der Waals surface area contributed by atoms with Crippen molar-refractivity contribution < 1.29 is 4.42 Å². The Kier molecular flexibility index (Phi) is 6.63. The van der Waals surface area contributed by atoms with E-state index in [0.717, 1.165) is 34.6 Å². The van der Waals surface area contributed by atoms with Crippen molar-refractivity contribution in [3.63, 3.8) is 0 Å². The van der Waals surface area contributed by atoms with Gasteiger partial charge < -0.3 is 9.73 Å². The lowest BCUT2D eigenvalue weighted by Gasteiger charge is -2.05. The van der Waals surface area contributed by atoms with Crippen molar-refractivity contribution in [3.8, 4) is 11.3 Å². The van der Waals surface area contributed by atoms with Gasteiger partial charge in [-0.3, -0.25) is 0 Å². The molecule has 0 amide bonds. The number of hydrogen-bond acceptors (Lipinski definition) is 2. The van der Waals surface area contributed by atoms with Crippen LogP contribution in [0.2, 0.25) is 0 Å². The fourth-order valence-corrected chi connectivity index (χ4v) is 1.99. The van der Waals surface area contributed by atoms with Crippen LogP contribution >= 0.6 is 28.3 Å². The van der Waals surface area contributed by atoms with Crippen molar-refractivity contribution in [2.24, 2.45) is 5.92 Å². The van der Waals surface area contributed by atoms with E-state index >= 15 is 0 Å². The van der Waals surface area contributed by atoms with Crippen molar-refractivity contribution in [1.29, 1.82) is 0 Å². The zero-order valence-electron chi connectivity index (χ0n) is 11.2. The standard InChI is InChI=1S/C15H18BrNO.ClH/c1-11(2)9-17-10-14-7-8-15(18-14)12-3-5-13(16)6-4-12;/h3-8,11,17H,9-10H2,1-2H3;1H. The molecule has 104 valence electrons. The van der Waals surface area contributed by atoms with Gasteiger partial charge in [-0.2, -0.15) is 0 Å². The molecule has 0 fully saturated rings. The van der Waals surface area contributed by atoms with Crippen LogP contribution in [-0.4, -0.2) is 6.54 Å². The molecule has 1 heterocycles. The summed E-state index contributed by atoms with van der Waals surface area (Å²) < 4.78 is 6.89. The fraction of sp³-hybridized carbons (Fsp3) is 0.333. The monoisotopic (exact) mass is 343 g/mol. The Balaban J connectivity index is 0.00000180. The van der Waals surface area contributed by atoms with E-state index in [2.05, 4.69) is 35.1 Å². The summed E-state index contributed by atoms with van der Waals surface area (Å²) in [4.78, 5) is 0. The summed E-state index contributed by atoms with van der Waals surface area (Å²) in [6.07, 6.45) is 0. The molecule has 19 heavy (non-hydrogen) atoms. The van der Waals surface area contributed by atoms with Crippen LogP contribution in [0.25, 0.3) is 11.3 Å². The summed E-state index contributed by atoms with van der Waals surface area (Å²) in [5, 5.41) is 3.37. The lowest BCUT2D eigenvalue weighted by Crippen LogP contribution is -2.18. The highest BCUT2D eigenvalue weighted by molar-refractivity contribution is 9.10. The van der Waals surface area contributed by atoms with Crippen LogP contribution in [0.5, 0.6) is 0 Å². The predicted octanol–water partition coefficient (Wildman–Crippen LogP) is 4.88. The molecule has 2 rings (SSSR count). The number of furan rings is 1. The Morgan fingerprint density at radius 2 is 1.79 bits per heavy atom. The number of benzene rings is 1. The molecule has 0 atom stereocenters. The van der Waals surface area contributed by atoms with Gasteiger partial charge in [-0.15, -0.1) is 12.4 Å². The van der Waals surface area contributed by atoms with Gasteiger partial charge in [0.05, 0.1) is 6.54 Å². The lowest BCUT2D eigenvalue weighted by atomic mass is 10.2. The van der Waals surface area contributed by atoms with Crippen LogP contribution in [0, 0.1) is 5.92 Å². The third-order valence-electron chi connectivity index (χ3n) is 2.64. The van der Waals surface area contributed by atoms with Gasteiger partial charge in [-0.1, -0.05) is 41.9 Å². The van der Waals surface area contributed by atoms with Gasteiger partial charge in [-0.05, 0) is 36.7 Å². The second kappa shape index (κ2) is 7.73. The van der Waals surface area contributed by atoms with E-state index in [-0.39, 0.29) is 12.4 Å². The van der Waals surface area contributed by atoms with E-state index < -0.39 is 0 Å². The first-order chi connectivity index (χ1) is 8.65. The van der Waals surface area contributed by atoms with Crippen LogP contribution in [0.4, 0.5) is 0 Å². The van der Waals surface area contributed by atoms with Gasteiger partial charge in [0, 0.05) is 10.0 Å². The summed E-state index contributed by atoms with van der Waals surface area (Å²) in [5.41, 5.74) is 1.10. The Bertz CT molecular complexity index is 493. The Morgan fingerprint density at radius 3 is 2.42 bits per heavy atom. The van der Waals surface area contributed by atoms with Crippen LogP contribution in [0.1, 0.15) is 19.6 Å². The van der Waals surface area contributed by atoms with Gasteiger partial charge in [0.2, 0.25) is 0 Å². The van der Waals surface area contributed by atoms with Crippen molar-refractivity contribution in [2.45, 2.75) is 20.4 Å². The van der Waals surface area contributed by atoms with Crippen molar-refractivity contribution in [2.75, 3.05) is 6.54 Å². The zero-order valence-corrected chi connectivity index (χ0v) is 13.6. The highest BCUT2D eigenvalue weighted by atomic mass is 79.9. The molecule has 0 unspecified atom stereocenters. The molecule has 0 saturated carbocycles. The molecule has 0 spiro atoms. The van der Waals surface area contributed by atoms with Crippen LogP contribution in [0.3, 0.4) is 0 Å². The second-order valence-electron chi connectivity index (χ2n) is 4.80. The van der Waals surface area contributed by atoms with Gasteiger partial charge in [0.25, 0.3) is 0 Å². The Labute approximate surface area is 129 Å². The van der Waals surface area contributed by atoms with Crippen molar-refractivity contribution >= 4 is 28.3 Å². The summed E-state index contributed by atoms with van der Waals surface area (Å²) in [6, 6.07) is 12.2. The van der Waals surface area contributed by atoms with Crippen LogP contribution < -0.4 is 5.32 Å². The first kappa shape index (κ1) is 16.3. The smallest absolute Gasteiger partial charge is 0.134 e. The number of nitrogens with one attached hydrogen (secondary N) is 1. The van der Waals surface area contributed by atoms with Crippen molar-refractivity contribution in [1.82, 2.24) is 5.32 Å². The van der Waals surface area contributed by atoms with E-state index in [1.54, 1.807) is 0 Å². The molecule has 1 aromatic carbocycles. The SMILES string of the molecule is CC(C)CNCc1ccc(-c2ccc(Br)cc2)o1.Cl. The molecule has 4 heteroatoms. The lowest BCUT2D eigenvalue weighted by molar-refractivity contribution is 0.472. The Morgan fingerprint density at radius 1 is 1.11 bits per heavy atom. The third-order valence-corrected chi connectivity index (χ3v) is 3.17. The van der Waals surface area contributed by atoms with E-state index in [0.29, 0.717) is 5.92 Å². The summed E-state index contributed by atoms with van der Waals surface area (Å²) in [5.74, 6) is 2.56. The molecule has 0 bridgehead atoms. The van der Waals surface area contributed by atoms with Gasteiger partial charge in [-0.25, -0.2) is 0 Å². The fourth-order valence-electron chi connectivity index (χ4n) is 1.73. The quantitative estimate of drug-likeness (QED) is 0.836. The van der Waals surface area contributed by atoms with Gasteiger partial charge in [0.1, 0.15) is 11.5 Å². The topological polar surface area (TPSA) is 25.2 Å². The predicted molar refractivity (Wildman–Crippen MR) is 85.6 cm³/mol. The van der Waals surface area contributed by atoms with Gasteiger partial charge >= 0.3 is 0 Å². The minimum absolute atomic E-state index is 0. The summed E-state index contributed by atoms with van der Waals surface area (Å²) in [6.45, 7) is 6.19. The summed E-state index contributed by atoms with van der Waals surface area (Å²) >= 11 is 3.43. The average molecular weight is 345 g/mol. The molecule has 0 aliphatic carbocycles. The van der Waals surface area contributed by atoms with Crippen LogP contribution in [-0.2, 0) is 6.54 Å². The van der Waals surface area contributed by atoms with Crippen molar-refractivity contribution in [3.05, 3.63) is 46.6 Å². The normalized spacial score (nSPS) is 10.5. The first-order valence-corrected chi connectivity index (χ1v) is 7.00. The van der Waals surface area contributed by atoms with E-state index in [1.165, 1.54) is 0 Å². The molecule has 2 aromatic rings. The maximum Gasteiger partial charge on any atom is 0.134 e. The molecule has 0 aliphatic rings. The molecule has 1 aromatic heterocycles. The molecule has 0 saturated heterocycles. The minimum Gasteiger partial charge on any atom is -0.460 e. The molecule has 1 N–H and O–H groups in total. The highest BCUT2D eigenvalue weighted by Gasteiger charge is 2.04. The maximum atomic E-state index is 5.81. The van der Waals surface area contributed by atoms with E-state index in [4.69, 9.17) is 4.42 Å². The third kappa shape index (κ3) is 5.01. The highest BCUT2D eigenvalue weighted by Crippen LogP contribution is 2.23. The number of rotatable bonds is 5. The maximum absolute atomic E-state index is 5.81. The average Bonchev–Trinajstić information content (AvgIpc) is 2.78. The van der Waals surface area contributed by atoms with Crippen LogP contribution in [0.15, 0.2) is 45.3 Å². The molecule has 0 aliphatic heterocycles. The van der Waals surface area contributed by atoms with E-state index in [9.17, 15) is 0 Å². The van der Waals surface area contributed by atoms with Gasteiger partial charge in [0.15, 0.2) is 0 Å². The Hall–Kier alpha value is -0.770. The number of hydrogen-bond donors (Lipinski definition) is 1. The second-order valence-corrected chi connectivity index (χ2v) is 5.71. The zero-order chi connectivity index (χ0) is 13.0. The molecule has 0 radical (unpaired) electrons. The van der Waals surface area contributed by atoms with E-state index in [1.807, 2.05) is 36.4 Å². The first-order valence-electron chi connectivity index (χ1n) is 6.20. The molecular formula is C15H19BrClNO.